The predicted molar refractivity (Wildman–Crippen MR) is 97.0 cm³/mol. The maximum atomic E-state index is 13.1. The fraction of sp³-hybridized carbons (Fsp3) is 0.667. The number of aromatic nitrogens is 1. The van der Waals surface area contributed by atoms with E-state index in [1.807, 2.05) is 12.1 Å². The number of ether oxygens (including phenoxy) is 1. The highest BCUT2D eigenvalue weighted by molar-refractivity contribution is 6.32. The Kier molecular flexibility index (Phi) is 4.84. The standard InChI is InChI=1S/C18H25ClN4O2/c19-15-2-1-5-20-16(15)23-7-4-18(14-23)3-6-22(17(18)24)9-8-21-10-12-25-13-11-21/h1-2,5H,3-4,6-14H2. The van der Waals surface area contributed by atoms with Crippen molar-refractivity contribution in [3.05, 3.63) is 23.4 Å². The molecule has 0 aliphatic carbocycles. The molecule has 1 aromatic rings. The normalized spacial score (nSPS) is 27.6. The average molecular weight is 365 g/mol. The number of carbonyl (C=O) groups is 1. The summed E-state index contributed by atoms with van der Waals surface area (Å²) in [4.78, 5) is 24.1. The highest BCUT2D eigenvalue weighted by atomic mass is 35.5. The monoisotopic (exact) mass is 364 g/mol. The zero-order valence-corrected chi connectivity index (χ0v) is 15.2. The van der Waals surface area contributed by atoms with Crippen molar-refractivity contribution in [1.29, 1.82) is 0 Å². The van der Waals surface area contributed by atoms with Gasteiger partial charge < -0.3 is 14.5 Å². The van der Waals surface area contributed by atoms with Crippen LogP contribution in [0.1, 0.15) is 12.8 Å². The molecule has 6 nitrogen and oxygen atoms in total. The Morgan fingerprint density at radius 2 is 1.96 bits per heavy atom. The van der Waals surface area contributed by atoms with Crippen LogP contribution in [-0.4, -0.2) is 79.7 Å². The van der Waals surface area contributed by atoms with Crippen LogP contribution in [0.25, 0.3) is 0 Å². The number of rotatable bonds is 4. The second-order valence-corrected chi connectivity index (χ2v) is 7.66. The van der Waals surface area contributed by atoms with Crippen molar-refractivity contribution in [2.45, 2.75) is 12.8 Å². The first-order valence-electron chi connectivity index (χ1n) is 9.13. The Hall–Kier alpha value is -1.37. The van der Waals surface area contributed by atoms with E-state index in [0.717, 1.165) is 77.7 Å². The topological polar surface area (TPSA) is 48.9 Å². The van der Waals surface area contributed by atoms with Crippen LogP contribution in [0.3, 0.4) is 0 Å². The van der Waals surface area contributed by atoms with Crippen LogP contribution in [0.15, 0.2) is 18.3 Å². The number of likely N-dealkylation sites (tertiary alicyclic amines) is 1. The van der Waals surface area contributed by atoms with Gasteiger partial charge in [-0.15, -0.1) is 0 Å². The molecule has 1 spiro atoms. The van der Waals surface area contributed by atoms with Crippen molar-refractivity contribution in [2.24, 2.45) is 5.41 Å². The van der Waals surface area contributed by atoms with Gasteiger partial charge in [-0.1, -0.05) is 11.6 Å². The largest absolute Gasteiger partial charge is 0.379 e. The van der Waals surface area contributed by atoms with Gasteiger partial charge in [0.15, 0.2) is 0 Å². The fourth-order valence-electron chi connectivity index (χ4n) is 4.24. The van der Waals surface area contributed by atoms with Crippen LogP contribution in [0.4, 0.5) is 5.82 Å². The Labute approximate surface area is 153 Å². The summed E-state index contributed by atoms with van der Waals surface area (Å²) in [6, 6.07) is 3.70. The zero-order chi connectivity index (χ0) is 17.3. The van der Waals surface area contributed by atoms with Gasteiger partial charge in [0.05, 0.1) is 23.7 Å². The molecule has 3 saturated heterocycles. The van der Waals surface area contributed by atoms with Crippen molar-refractivity contribution >= 4 is 23.3 Å². The lowest BCUT2D eigenvalue weighted by molar-refractivity contribution is -0.135. The molecule has 3 aliphatic rings. The summed E-state index contributed by atoms with van der Waals surface area (Å²) >= 11 is 6.28. The number of halogens is 1. The Bertz CT molecular complexity index is 637. The van der Waals surface area contributed by atoms with Crippen molar-refractivity contribution in [3.8, 4) is 0 Å². The average Bonchev–Trinajstić information content (AvgIpc) is 3.20. The minimum Gasteiger partial charge on any atom is -0.379 e. The van der Waals surface area contributed by atoms with E-state index in [2.05, 4.69) is 19.7 Å². The molecular formula is C18H25ClN4O2. The summed E-state index contributed by atoms with van der Waals surface area (Å²) in [6.07, 6.45) is 3.60. The molecular weight excluding hydrogens is 340 g/mol. The van der Waals surface area contributed by atoms with Crippen LogP contribution in [-0.2, 0) is 9.53 Å². The highest BCUT2D eigenvalue weighted by Gasteiger charge is 2.51. The molecule has 4 rings (SSSR count). The molecule has 0 saturated carbocycles. The lowest BCUT2D eigenvalue weighted by atomic mass is 9.85. The molecule has 1 aromatic heterocycles. The van der Waals surface area contributed by atoms with Gasteiger partial charge in [-0.3, -0.25) is 9.69 Å². The van der Waals surface area contributed by atoms with Gasteiger partial charge in [-0.2, -0.15) is 0 Å². The quantitative estimate of drug-likeness (QED) is 0.810. The summed E-state index contributed by atoms with van der Waals surface area (Å²) in [5, 5.41) is 0.661. The van der Waals surface area contributed by atoms with Gasteiger partial charge in [0.2, 0.25) is 5.91 Å². The summed E-state index contributed by atoms with van der Waals surface area (Å²) in [7, 11) is 0. The number of nitrogens with zero attached hydrogens (tertiary/aromatic N) is 4. The summed E-state index contributed by atoms with van der Waals surface area (Å²) < 4.78 is 5.39. The SMILES string of the molecule is O=C1N(CCN2CCOCC2)CCC12CCN(c1ncccc1Cl)C2. The lowest BCUT2D eigenvalue weighted by Gasteiger charge is -2.29. The summed E-state index contributed by atoms with van der Waals surface area (Å²) in [5.74, 6) is 1.12. The van der Waals surface area contributed by atoms with Gasteiger partial charge in [0.25, 0.3) is 0 Å². The molecule has 3 fully saturated rings. The van der Waals surface area contributed by atoms with Crippen LogP contribution >= 0.6 is 11.6 Å². The molecule has 4 heterocycles. The molecule has 3 aliphatic heterocycles. The van der Waals surface area contributed by atoms with Gasteiger partial charge in [-0.25, -0.2) is 4.98 Å². The lowest BCUT2D eigenvalue weighted by Crippen LogP contribution is -2.43. The Balaban J connectivity index is 1.37. The zero-order valence-electron chi connectivity index (χ0n) is 14.5. The maximum absolute atomic E-state index is 13.1. The Morgan fingerprint density at radius 3 is 2.76 bits per heavy atom. The van der Waals surface area contributed by atoms with Gasteiger partial charge >= 0.3 is 0 Å². The second-order valence-electron chi connectivity index (χ2n) is 7.26. The fourth-order valence-corrected chi connectivity index (χ4v) is 4.48. The number of pyridine rings is 1. The molecule has 1 unspecified atom stereocenters. The van der Waals surface area contributed by atoms with Gasteiger partial charge in [-0.05, 0) is 25.0 Å². The highest BCUT2D eigenvalue weighted by Crippen LogP contribution is 2.42. The van der Waals surface area contributed by atoms with Crippen molar-refractivity contribution in [3.63, 3.8) is 0 Å². The molecule has 25 heavy (non-hydrogen) atoms. The smallest absolute Gasteiger partial charge is 0.230 e. The van der Waals surface area contributed by atoms with Crippen molar-refractivity contribution in [1.82, 2.24) is 14.8 Å². The van der Waals surface area contributed by atoms with E-state index in [0.29, 0.717) is 10.9 Å². The van der Waals surface area contributed by atoms with Gasteiger partial charge in [0.1, 0.15) is 5.82 Å². The van der Waals surface area contributed by atoms with Gasteiger partial charge in [0, 0.05) is 52.0 Å². The van der Waals surface area contributed by atoms with Crippen LogP contribution in [0.5, 0.6) is 0 Å². The minimum absolute atomic E-state index is 0.244. The van der Waals surface area contributed by atoms with E-state index in [4.69, 9.17) is 16.3 Å². The van der Waals surface area contributed by atoms with Crippen LogP contribution in [0.2, 0.25) is 5.02 Å². The third-order valence-electron chi connectivity index (χ3n) is 5.78. The number of carbonyl (C=O) groups excluding carboxylic acids is 1. The molecule has 0 radical (unpaired) electrons. The molecule has 0 bridgehead atoms. The van der Waals surface area contributed by atoms with E-state index >= 15 is 0 Å². The maximum Gasteiger partial charge on any atom is 0.230 e. The molecule has 0 N–H and O–H groups in total. The van der Waals surface area contributed by atoms with E-state index in [1.54, 1.807) is 6.20 Å². The first kappa shape index (κ1) is 17.1. The second kappa shape index (κ2) is 7.09. The van der Waals surface area contributed by atoms with Crippen molar-refractivity contribution < 1.29 is 9.53 Å². The van der Waals surface area contributed by atoms with E-state index < -0.39 is 0 Å². The third-order valence-corrected chi connectivity index (χ3v) is 6.08. The van der Waals surface area contributed by atoms with Crippen LogP contribution < -0.4 is 4.90 Å². The molecule has 0 aromatic carbocycles. The Morgan fingerprint density at radius 1 is 1.16 bits per heavy atom. The van der Waals surface area contributed by atoms with E-state index in [9.17, 15) is 4.79 Å². The van der Waals surface area contributed by atoms with E-state index in [1.165, 1.54) is 0 Å². The van der Waals surface area contributed by atoms with E-state index in [-0.39, 0.29) is 5.41 Å². The number of anilines is 1. The number of hydrogen-bond donors (Lipinski definition) is 0. The molecule has 1 amide bonds. The number of hydrogen-bond acceptors (Lipinski definition) is 5. The number of morpholine rings is 1. The number of amides is 1. The summed E-state index contributed by atoms with van der Waals surface area (Å²) in [6.45, 7) is 7.77. The first-order valence-corrected chi connectivity index (χ1v) is 9.51. The predicted octanol–water partition coefficient (Wildman–Crippen LogP) is 1.50. The first-order chi connectivity index (χ1) is 12.2. The molecule has 7 heteroatoms. The summed E-state index contributed by atoms with van der Waals surface area (Å²) in [5.41, 5.74) is -0.244. The minimum atomic E-state index is -0.244. The molecule has 1 atom stereocenters. The van der Waals surface area contributed by atoms with Crippen LogP contribution in [0, 0.1) is 5.41 Å². The van der Waals surface area contributed by atoms with Crippen molar-refractivity contribution in [2.75, 3.05) is 63.9 Å². The molecule has 136 valence electrons. The third kappa shape index (κ3) is 3.35.